The number of carbonyl (C=O) groups excluding carboxylic acids is 1. The summed E-state index contributed by atoms with van der Waals surface area (Å²) in [5, 5.41) is 13.4. The summed E-state index contributed by atoms with van der Waals surface area (Å²) in [6.07, 6.45) is -2.87. The number of aliphatic hydroxyl groups is 1. The van der Waals surface area contributed by atoms with Crippen LogP contribution < -0.4 is 5.32 Å². The molecule has 1 amide bonds. The van der Waals surface area contributed by atoms with E-state index >= 15 is 0 Å². The van der Waals surface area contributed by atoms with Crippen LogP contribution in [0.4, 0.5) is 0 Å². The van der Waals surface area contributed by atoms with Gasteiger partial charge in [-0.05, 0) is 18.1 Å². The van der Waals surface area contributed by atoms with E-state index in [1.807, 2.05) is 60.7 Å². The molecule has 0 bridgehead atoms. The highest BCUT2D eigenvalue weighted by molar-refractivity contribution is 5.73. The van der Waals surface area contributed by atoms with Gasteiger partial charge in [-0.15, -0.1) is 0 Å². The van der Waals surface area contributed by atoms with E-state index in [0.29, 0.717) is 13.2 Å². The van der Waals surface area contributed by atoms with Gasteiger partial charge in [0.1, 0.15) is 12.2 Å². The molecule has 2 aromatic rings. The first-order valence-corrected chi connectivity index (χ1v) is 9.46. The van der Waals surface area contributed by atoms with Crippen LogP contribution in [0.25, 0.3) is 0 Å². The van der Waals surface area contributed by atoms with Gasteiger partial charge in [-0.3, -0.25) is 4.79 Å². The molecule has 0 aliphatic carbocycles. The fraction of sp³-hybridized carbons (Fsp3) is 0.409. The molecule has 1 fully saturated rings. The number of nitrogens with one attached hydrogen (secondary N) is 1. The Morgan fingerprint density at radius 1 is 0.964 bits per heavy atom. The molecule has 6 nitrogen and oxygen atoms in total. The molecule has 0 spiro atoms. The van der Waals surface area contributed by atoms with Crippen LogP contribution in [0.15, 0.2) is 60.7 Å². The summed E-state index contributed by atoms with van der Waals surface area (Å²) in [7, 11) is 0. The maximum atomic E-state index is 11.7. The van der Waals surface area contributed by atoms with Gasteiger partial charge in [0, 0.05) is 6.92 Å². The van der Waals surface area contributed by atoms with Crippen molar-refractivity contribution in [3.05, 3.63) is 71.8 Å². The SMILES string of the molecule is CC(=O)N[C@H]1[C@H](OCc2ccccc2)[C@H](OCc2ccccc2)[C@H](O)O[C@@H]1C. The first-order chi connectivity index (χ1) is 13.5. The number of rotatable bonds is 7. The van der Waals surface area contributed by atoms with Crippen LogP contribution in [0.5, 0.6) is 0 Å². The fourth-order valence-corrected chi connectivity index (χ4v) is 3.36. The second kappa shape index (κ2) is 9.80. The summed E-state index contributed by atoms with van der Waals surface area (Å²) < 4.78 is 17.8. The molecule has 3 rings (SSSR count). The lowest BCUT2D eigenvalue weighted by atomic mass is 9.96. The first kappa shape index (κ1) is 20.5. The molecule has 2 aromatic carbocycles. The van der Waals surface area contributed by atoms with Gasteiger partial charge in [0.25, 0.3) is 0 Å². The predicted molar refractivity (Wildman–Crippen MR) is 104 cm³/mol. The van der Waals surface area contributed by atoms with E-state index < -0.39 is 30.6 Å². The average molecular weight is 385 g/mol. The smallest absolute Gasteiger partial charge is 0.217 e. The van der Waals surface area contributed by atoms with Gasteiger partial charge in [-0.2, -0.15) is 0 Å². The Morgan fingerprint density at radius 2 is 1.46 bits per heavy atom. The predicted octanol–water partition coefficient (Wildman–Crippen LogP) is 2.40. The highest BCUT2D eigenvalue weighted by Crippen LogP contribution is 2.26. The zero-order chi connectivity index (χ0) is 19.9. The molecule has 1 heterocycles. The van der Waals surface area contributed by atoms with E-state index in [0.717, 1.165) is 11.1 Å². The summed E-state index contributed by atoms with van der Waals surface area (Å²) in [5.74, 6) is -0.188. The number of hydrogen-bond acceptors (Lipinski definition) is 5. The topological polar surface area (TPSA) is 77.0 Å². The Kier molecular flexibility index (Phi) is 7.17. The summed E-state index contributed by atoms with van der Waals surface area (Å²) >= 11 is 0. The molecule has 2 N–H and O–H groups in total. The van der Waals surface area contributed by atoms with Crippen molar-refractivity contribution >= 4 is 5.91 Å². The third kappa shape index (κ3) is 5.39. The number of ether oxygens (including phenoxy) is 3. The van der Waals surface area contributed by atoms with Crippen LogP contribution in [0.2, 0.25) is 0 Å². The van der Waals surface area contributed by atoms with E-state index in [-0.39, 0.29) is 5.91 Å². The van der Waals surface area contributed by atoms with E-state index in [1.54, 1.807) is 6.92 Å². The molecule has 0 saturated carbocycles. The summed E-state index contributed by atoms with van der Waals surface area (Å²) in [6.45, 7) is 3.90. The highest BCUT2D eigenvalue weighted by atomic mass is 16.7. The van der Waals surface area contributed by atoms with Crippen molar-refractivity contribution in [3.8, 4) is 0 Å². The van der Waals surface area contributed by atoms with Gasteiger partial charge in [0.05, 0.1) is 25.4 Å². The molecule has 0 unspecified atom stereocenters. The van der Waals surface area contributed by atoms with Crippen molar-refractivity contribution in [1.82, 2.24) is 5.32 Å². The molecular weight excluding hydrogens is 358 g/mol. The molecule has 1 aliphatic heterocycles. The largest absolute Gasteiger partial charge is 0.368 e. The molecule has 0 radical (unpaired) electrons. The van der Waals surface area contributed by atoms with E-state index in [2.05, 4.69) is 5.32 Å². The Morgan fingerprint density at radius 3 is 1.96 bits per heavy atom. The van der Waals surface area contributed by atoms with Crippen LogP contribution >= 0.6 is 0 Å². The number of hydrogen-bond donors (Lipinski definition) is 2. The second-order valence-corrected chi connectivity index (χ2v) is 6.98. The van der Waals surface area contributed by atoms with E-state index in [9.17, 15) is 9.90 Å². The first-order valence-electron chi connectivity index (χ1n) is 9.46. The van der Waals surface area contributed by atoms with Crippen molar-refractivity contribution in [2.45, 2.75) is 57.7 Å². The lowest BCUT2D eigenvalue weighted by Gasteiger charge is -2.44. The number of aliphatic hydroxyl groups excluding tert-OH is 1. The molecule has 1 saturated heterocycles. The molecular formula is C22H27NO5. The average Bonchev–Trinajstić information content (AvgIpc) is 2.69. The van der Waals surface area contributed by atoms with Crippen molar-refractivity contribution in [1.29, 1.82) is 0 Å². The van der Waals surface area contributed by atoms with Crippen molar-refractivity contribution in [2.24, 2.45) is 0 Å². The summed E-state index contributed by atoms with van der Waals surface area (Å²) in [6, 6.07) is 19.0. The molecule has 28 heavy (non-hydrogen) atoms. The fourth-order valence-electron chi connectivity index (χ4n) is 3.36. The molecule has 0 aromatic heterocycles. The van der Waals surface area contributed by atoms with Crippen LogP contribution in [0.1, 0.15) is 25.0 Å². The van der Waals surface area contributed by atoms with Crippen molar-refractivity contribution in [3.63, 3.8) is 0 Å². The van der Waals surface area contributed by atoms with Gasteiger partial charge in [-0.25, -0.2) is 0 Å². The molecule has 150 valence electrons. The Balaban J connectivity index is 1.76. The minimum atomic E-state index is -1.15. The third-order valence-corrected chi connectivity index (χ3v) is 4.76. The van der Waals surface area contributed by atoms with E-state index in [4.69, 9.17) is 14.2 Å². The van der Waals surface area contributed by atoms with Crippen LogP contribution in [-0.4, -0.2) is 41.7 Å². The van der Waals surface area contributed by atoms with Crippen LogP contribution in [0, 0.1) is 0 Å². The van der Waals surface area contributed by atoms with Crippen LogP contribution in [-0.2, 0) is 32.2 Å². The Hall–Kier alpha value is -2.25. The monoisotopic (exact) mass is 385 g/mol. The minimum absolute atomic E-state index is 0.188. The minimum Gasteiger partial charge on any atom is -0.368 e. The zero-order valence-electron chi connectivity index (χ0n) is 16.2. The third-order valence-electron chi connectivity index (χ3n) is 4.76. The molecule has 6 heteroatoms. The maximum absolute atomic E-state index is 11.7. The van der Waals surface area contributed by atoms with Crippen LogP contribution in [0.3, 0.4) is 0 Å². The van der Waals surface area contributed by atoms with E-state index in [1.165, 1.54) is 6.92 Å². The van der Waals surface area contributed by atoms with Gasteiger partial charge < -0.3 is 24.6 Å². The molecule has 5 atom stereocenters. The summed E-state index contributed by atoms with van der Waals surface area (Å²) in [4.78, 5) is 11.7. The van der Waals surface area contributed by atoms with Gasteiger partial charge in [0.2, 0.25) is 5.91 Å². The van der Waals surface area contributed by atoms with Crippen molar-refractivity contribution < 1.29 is 24.1 Å². The van der Waals surface area contributed by atoms with Gasteiger partial charge in [-0.1, -0.05) is 60.7 Å². The van der Waals surface area contributed by atoms with Gasteiger partial charge >= 0.3 is 0 Å². The second-order valence-electron chi connectivity index (χ2n) is 6.98. The maximum Gasteiger partial charge on any atom is 0.217 e. The van der Waals surface area contributed by atoms with Crippen molar-refractivity contribution in [2.75, 3.05) is 0 Å². The Bertz CT molecular complexity index is 739. The number of amides is 1. The lowest BCUT2D eigenvalue weighted by molar-refractivity contribution is -0.277. The zero-order valence-corrected chi connectivity index (χ0v) is 16.2. The quantitative estimate of drug-likeness (QED) is 0.765. The van der Waals surface area contributed by atoms with Gasteiger partial charge in [0.15, 0.2) is 6.29 Å². The molecule has 1 aliphatic rings. The Labute approximate surface area is 165 Å². The lowest BCUT2D eigenvalue weighted by Crippen LogP contribution is -2.63. The number of benzene rings is 2. The number of carbonyl (C=O) groups is 1. The standard InChI is InChI=1S/C22H27NO5/c1-15-19(23-16(2)24)20(26-13-17-9-5-3-6-10-17)21(22(25)28-15)27-14-18-11-7-4-8-12-18/h3-12,15,19-22,25H,13-14H2,1-2H3,(H,23,24)/t15-,19-,20+,21+,22-/m1/s1. The highest BCUT2D eigenvalue weighted by Gasteiger charge is 2.45. The summed E-state index contributed by atoms with van der Waals surface area (Å²) in [5.41, 5.74) is 1.98. The normalized spacial score (nSPS) is 27.3.